The average Bonchev–Trinajstić information content (AvgIpc) is 3.12. The first-order valence-electron chi connectivity index (χ1n) is 9.98. The molecule has 0 bridgehead atoms. The zero-order valence-electron chi connectivity index (χ0n) is 16.6. The smallest absolute Gasteiger partial charge is 0.250 e. The van der Waals surface area contributed by atoms with E-state index in [0.29, 0.717) is 17.5 Å². The molecule has 2 aromatic rings. The van der Waals surface area contributed by atoms with Gasteiger partial charge >= 0.3 is 0 Å². The van der Waals surface area contributed by atoms with E-state index in [0.717, 1.165) is 49.1 Å². The van der Waals surface area contributed by atoms with Gasteiger partial charge in [0, 0.05) is 11.0 Å². The van der Waals surface area contributed by atoms with Crippen LogP contribution in [0.1, 0.15) is 55.2 Å². The number of aryl methyl sites for hydroxylation is 2. The molecular weight excluding hydrogens is 372 g/mol. The van der Waals surface area contributed by atoms with Crippen LogP contribution in [0.2, 0.25) is 0 Å². The first-order chi connectivity index (χ1) is 13.7. The number of aromatic nitrogens is 1. The van der Waals surface area contributed by atoms with Gasteiger partial charge in [-0.1, -0.05) is 25.8 Å². The number of hydrogen-bond donors (Lipinski definition) is 1. The first-order valence-corrected chi connectivity index (χ1v) is 10.8. The molecule has 1 aliphatic carbocycles. The molecule has 1 aromatic heterocycles. The highest BCUT2D eigenvalue weighted by Gasteiger charge is 2.15. The Morgan fingerprint density at radius 2 is 2.11 bits per heavy atom. The van der Waals surface area contributed by atoms with Crippen LogP contribution < -0.4 is 14.8 Å². The number of fused-ring (bicyclic) bond motifs is 1. The van der Waals surface area contributed by atoms with Crippen molar-refractivity contribution in [3.8, 4) is 11.5 Å². The fourth-order valence-corrected chi connectivity index (χ4v) is 4.22. The van der Waals surface area contributed by atoms with Crippen molar-refractivity contribution < 1.29 is 14.3 Å². The van der Waals surface area contributed by atoms with Gasteiger partial charge in [-0.05, 0) is 55.9 Å². The molecule has 1 aliphatic rings. The lowest BCUT2D eigenvalue weighted by molar-refractivity contribution is -0.111. The van der Waals surface area contributed by atoms with Crippen molar-refractivity contribution in [3.63, 3.8) is 0 Å². The summed E-state index contributed by atoms with van der Waals surface area (Å²) < 4.78 is 11.2. The molecular formula is C22H28N2O3S. The van der Waals surface area contributed by atoms with E-state index in [2.05, 4.69) is 17.2 Å². The number of ether oxygens (including phenoxy) is 2. The van der Waals surface area contributed by atoms with Gasteiger partial charge in [-0.3, -0.25) is 10.1 Å². The van der Waals surface area contributed by atoms with Crippen LogP contribution in [0.25, 0.3) is 6.08 Å². The van der Waals surface area contributed by atoms with Crippen LogP contribution >= 0.6 is 11.3 Å². The summed E-state index contributed by atoms with van der Waals surface area (Å²) in [6.45, 7) is 2.85. The van der Waals surface area contributed by atoms with Gasteiger partial charge in [0.15, 0.2) is 16.6 Å². The van der Waals surface area contributed by atoms with Crippen LogP contribution in [0.5, 0.6) is 11.5 Å². The normalized spacial score (nSPS) is 13.4. The largest absolute Gasteiger partial charge is 0.493 e. The van der Waals surface area contributed by atoms with Crippen LogP contribution in [0.3, 0.4) is 0 Å². The maximum atomic E-state index is 12.2. The number of carbonyl (C=O) groups excluding carboxylic acids is 1. The lowest BCUT2D eigenvalue weighted by Crippen LogP contribution is -2.07. The van der Waals surface area contributed by atoms with Crippen LogP contribution in [0.15, 0.2) is 24.3 Å². The second-order valence-corrected chi connectivity index (χ2v) is 7.97. The van der Waals surface area contributed by atoms with Crippen molar-refractivity contribution in [2.24, 2.45) is 0 Å². The number of nitrogens with zero attached hydrogens (tertiary/aromatic N) is 1. The molecule has 5 nitrogen and oxygen atoms in total. The number of rotatable bonds is 9. The van der Waals surface area contributed by atoms with Gasteiger partial charge in [-0.2, -0.15) is 0 Å². The summed E-state index contributed by atoms with van der Waals surface area (Å²) in [6.07, 6.45) is 11.1. The Morgan fingerprint density at radius 1 is 1.25 bits per heavy atom. The van der Waals surface area contributed by atoms with E-state index in [1.165, 1.54) is 23.8 Å². The van der Waals surface area contributed by atoms with Gasteiger partial charge in [0.05, 0.1) is 19.4 Å². The molecule has 0 atom stereocenters. The molecule has 0 aliphatic heterocycles. The summed E-state index contributed by atoms with van der Waals surface area (Å²) in [5, 5.41) is 3.56. The third-order valence-electron chi connectivity index (χ3n) is 4.70. The predicted octanol–water partition coefficient (Wildman–Crippen LogP) is 5.25. The highest BCUT2D eigenvalue weighted by Crippen LogP contribution is 2.30. The highest BCUT2D eigenvalue weighted by molar-refractivity contribution is 7.15. The fourth-order valence-electron chi connectivity index (χ4n) is 3.17. The molecule has 1 N–H and O–H groups in total. The zero-order valence-corrected chi connectivity index (χ0v) is 17.4. The van der Waals surface area contributed by atoms with E-state index >= 15 is 0 Å². The lowest BCUT2D eigenvalue weighted by atomic mass is 10.0. The lowest BCUT2D eigenvalue weighted by Gasteiger charge is -2.11. The Kier molecular flexibility index (Phi) is 7.48. The van der Waals surface area contributed by atoms with Crippen molar-refractivity contribution in [2.75, 3.05) is 19.0 Å². The van der Waals surface area contributed by atoms with E-state index < -0.39 is 0 Å². The second kappa shape index (κ2) is 10.3. The van der Waals surface area contributed by atoms with Crippen LogP contribution in [0, 0.1) is 0 Å². The first kappa shape index (κ1) is 20.4. The van der Waals surface area contributed by atoms with Crippen LogP contribution in [-0.4, -0.2) is 24.6 Å². The predicted molar refractivity (Wildman–Crippen MR) is 114 cm³/mol. The monoisotopic (exact) mass is 400 g/mol. The summed E-state index contributed by atoms with van der Waals surface area (Å²) in [5.74, 6) is 1.23. The van der Waals surface area contributed by atoms with Gasteiger partial charge in [0.1, 0.15) is 0 Å². The minimum atomic E-state index is -0.176. The number of amides is 1. The SMILES string of the molecule is CCCCCOc1ccc(/C=C/C(=O)Nc2nc3c(s2)CCCC3)cc1OC. The average molecular weight is 401 g/mol. The zero-order chi connectivity index (χ0) is 19.8. The van der Waals surface area contributed by atoms with Crippen molar-refractivity contribution >= 4 is 28.5 Å². The molecule has 0 saturated carbocycles. The van der Waals surface area contributed by atoms with Crippen molar-refractivity contribution in [2.45, 2.75) is 51.9 Å². The fraction of sp³-hybridized carbons (Fsp3) is 0.455. The molecule has 28 heavy (non-hydrogen) atoms. The van der Waals surface area contributed by atoms with Crippen molar-refractivity contribution in [3.05, 3.63) is 40.4 Å². The molecule has 1 amide bonds. The number of hydrogen-bond acceptors (Lipinski definition) is 5. The van der Waals surface area contributed by atoms with Gasteiger partial charge in [0.2, 0.25) is 5.91 Å². The number of thiazole rings is 1. The quantitative estimate of drug-likeness (QED) is 0.461. The van der Waals surface area contributed by atoms with Gasteiger partial charge < -0.3 is 9.47 Å². The topological polar surface area (TPSA) is 60.5 Å². The van der Waals surface area contributed by atoms with Gasteiger partial charge in [0.25, 0.3) is 0 Å². The maximum absolute atomic E-state index is 12.2. The molecule has 150 valence electrons. The molecule has 0 unspecified atom stereocenters. The summed E-state index contributed by atoms with van der Waals surface area (Å²) >= 11 is 1.59. The summed E-state index contributed by atoms with van der Waals surface area (Å²) in [5.41, 5.74) is 2.03. The number of benzene rings is 1. The Hall–Kier alpha value is -2.34. The van der Waals surface area contributed by atoms with Crippen molar-refractivity contribution in [1.82, 2.24) is 4.98 Å². The summed E-state index contributed by atoms with van der Waals surface area (Å²) in [4.78, 5) is 18.1. The van der Waals surface area contributed by atoms with Gasteiger partial charge in [-0.15, -0.1) is 11.3 Å². The van der Waals surface area contributed by atoms with E-state index in [1.807, 2.05) is 18.2 Å². The molecule has 0 fully saturated rings. The standard InChI is InChI=1S/C22H28N2O3S/c1-3-4-7-14-27-18-12-10-16(15-19(18)26-2)11-13-21(25)24-22-23-17-8-5-6-9-20(17)28-22/h10-13,15H,3-9,14H2,1-2H3,(H,23,24,25)/b13-11+. The number of anilines is 1. The third-order valence-corrected chi connectivity index (χ3v) is 5.77. The van der Waals surface area contributed by atoms with Crippen molar-refractivity contribution in [1.29, 1.82) is 0 Å². The Bertz CT molecular complexity index is 806. The van der Waals surface area contributed by atoms with E-state index in [-0.39, 0.29) is 5.91 Å². The molecule has 6 heteroatoms. The summed E-state index contributed by atoms with van der Waals surface area (Å²) in [7, 11) is 1.62. The number of methoxy groups -OCH3 is 1. The summed E-state index contributed by atoms with van der Waals surface area (Å²) in [6, 6.07) is 5.68. The molecule has 1 aromatic carbocycles. The minimum absolute atomic E-state index is 0.176. The Labute approximate surface area is 170 Å². The molecule has 0 spiro atoms. The molecule has 0 radical (unpaired) electrons. The number of unbranched alkanes of at least 4 members (excludes halogenated alkanes) is 2. The highest BCUT2D eigenvalue weighted by atomic mass is 32.1. The molecule has 1 heterocycles. The second-order valence-electron chi connectivity index (χ2n) is 6.88. The third kappa shape index (κ3) is 5.58. The molecule has 0 saturated heterocycles. The minimum Gasteiger partial charge on any atom is -0.493 e. The number of carbonyl (C=O) groups is 1. The van der Waals surface area contributed by atoms with E-state index in [9.17, 15) is 4.79 Å². The molecule has 3 rings (SSSR count). The number of nitrogens with one attached hydrogen (secondary N) is 1. The maximum Gasteiger partial charge on any atom is 0.250 e. The van der Waals surface area contributed by atoms with Gasteiger partial charge in [-0.25, -0.2) is 4.98 Å². The van der Waals surface area contributed by atoms with Crippen LogP contribution in [0.4, 0.5) is 5.13 Å². The van der Waals surface area contributed by atoms with E-state index in [4.69, 9.17) is 9.47 Å². The van der Waals surface area contributed by atoms with Crippen LogP contribution in [-0.2, 0) is 17.6 Å². The van der Waals surface area contributed by atoms with E-state index in [1.54, 1.807) is 24.5 Å². The Balaban J connectivity index is 1.58. The Morgan fingerprint density at radius 3 is 2.89 bits per heavy atom.